The lowest BCUT2D eigenvalue weighted by molar-refractivity contribution is -0.0511. The highest BCUT2D eigenvalue weighted by molar-refractivity contribution is 6.62. The maximum absolute atomic E-state index is 12.5. The van der Waals surface area contributed by atoms with E-state index in [0.29, 0.717) is 5.46 Å². The first-order valence-corrected chi connectivity index (χ1v) is 6.64. The molecule has 7 heteroatoms. The molecular formula is C14H19BF2O4. The van der Waals surface area contributed by atoms with Crippen molar-refractivity contribution in [3.05, 3.63) is 18.2 Å². The predicted molar refractivity (Wildman–Crippen MR) is 75.3 cm³/mol. The first kappa shape index (κ1) is 16.0. The Morgan fingerprint density at radius 3 is 2.10 bits per heavy atom. The standard InChI is InChI=1S/C14H19BF2O4/c1-13(2)14(3,4)21-15(20-13)9-6-7-10(18-5)11(8-9)19-12(16)17/h6-8,12H,1-5H3. The van der Waals surface area contributed by atoms with Gasteiger partial charge >= 0.3 is 13.7 Å². The van der Waals surface area contributed by atoms with Crippen molar-refractivity contribution in [1.29, 1.82) is 0 Å². The molecule has 1 aliphatic rings. The average Bonchev–Trinajstić information content (AvgIpc) is 2.57. The molecule has 0 bridgehead atoms. The number of methoxy groups -OCH3 is 1. The topological polar surface area (TPSA) is 36.9 Å². The van der Waals surface area contributed by atoms with Crippen LogP contribution in [0.1, 0.15) is 27.7 Å². The Morgan fingerprint density at radius 2 is 1.62 bits per heavy atom. The van der Waals surface area contributed by atoms with Gasteiger partial charge in [0.25, 0.3) is 0 Å². The van der Waals surface area contributed by atoms with Crippen molar-refractivity contribution in [1.82, 2.24) is 0 Å². The Hall–Kier alpha value is -1.34. The van der Waals surface area contributed by atoms with Crippen LogP contribution in [0.25, 0.3) is 0 Å². The summed E-state index contributed by atoms with van der Waals surface area (Å²) in [5.41, 5.74) is -0.395. The van der Waals surface area contributed by atoms with Crippen LogP contribution in [0.5, 0.6) is 11.5 Å². The van der Waals surface area contributed by atoms with E-state index < -0.39 is 24.9 Å². The highest BCUT2D eigenvalue weighted by Crippen LogP contribution is 2.37. The van der Waals surface area contributed by atoms with E-state index in [2.05, 4.69) is 4.74 Å². The van der Waals surface area contributed by atoms with Crippen molar-refractivity contribution >= 4 is 12.6 Å². The van der Waals surface area contributed by atoms with Crippen LogP contribution in [0.3, 0.4) is 0 Å². The summed E-state index contributed by atoms with van der Waals surface area (Å²) in [5.74, 6) is 0.190. The zero-order chi connectivity index (χ0) is 15.8. The molecule has 0 saturated carbocycles. The summed E-state index contributed by atoms with van der Waals surface area (Å²) in [6.07, 6.45) is 0. The van der Waals surface area contributed by atoms with Crippen molar-refractivity contribution in [2.24, 2.45) is 0 Å². The van der Waals surface area contributed by atoms with E-state index in [-0.39, 0.29) is 11.5 Å². The van der Waals surface area contributed by atoms with Crippen LogP contribution in [0.2, 0.25) is 0 Å². The van der Waals surface area contributed by atoms with Gasteiger partial charge in [-0.3, -0.25) is 0 Å². The summed E-state index contributed by atoms with van der Waals surface area (Å²) in [6, 6.07) is 4.71. The third-order valence-electron chi connectivity index (χ3n) is 3.93. The molecular weight excluding hydrogens is 281 g/mol. The highest BCUT2D eigenvalue weighted by Gasteiger charge is 2.51. The maximum Gasteiger partial charge on any atom is 0.494 e. The molecule has 1 aromatic carbocycles. The van der Waals surface area contributed by atoms with E-state index in [9.17, 15) is 8.78 Å². The van der Waals surface area contributed by atoms with E-state index in [1.807, 2.05) is 27.7 Å². The molecule has 0 atom stereocenters. The summed E-state index contributed by atoms with van der Waals surface area (Å²) in [5, 5.41) is 0. The first-order chi connectivity index (χ1) is 9.66. The van der Waals surface area contributed by atoms with Gasteiger partial charge < -0.3 is 18.8 Å². The molecule has 0 radical (unpaired) electrons. The van der Waals surface area contributed by atoms with E-state index in [1.165, 1.54) is 13.2 Å². The van der Waals surface area contributed by atoms with Gasteiger partial charge in [0.05, 0.1) is 18.3 Å². The van der Waals surface area contributed by atoms with Gasteiger partial charge in [-0.2, -0.15) is 8.78 Å². The molecule has 2 rings (SSSR count). The molecule has 0 aromatic heterocycles. The Bertz CT molecular complexity index is 504. The molecule has 0 unspecified atom stereocenters. The first-order valence-electron chi connectivity index (χ1n) is 6.64. The lowest BCUT2D eigenvalue weighted by atomic mass is 9.79. The van der Waals surface area contributed by atoms with Gasteiger partial charge in [-0.05, 0) is 45.3 Å². The molecule has 0 aliphatic carbocycles. The minimum Gasteiger partial charge on any atom is -0.493 e. The van der Waals surface area contributed by atoms with Crippen molar-refractivity contribution in [2.75, 3.05) is 7.11 Å². The normalized spacial score (nSPS) is 19.9. The molecule has 1 saturated heterocycles. The van der Waals surface area contributed by atoms with Crippen LogP contribution in [-0.4, -0.2) is 32.0 Å². The van der Waals surface area contributed by atoms with Gasteiger partial charge in [-0.25, -0.2) is 0 Å². The summed E-state index contributed by atoms with van der Waals surface area (Å²) in [6.45, 7) is 4.77. The molecule has 0 spiro atoms. The Kier molecular flexibility index (Phi) is 4.17. The van der Waals surface area contributed by atoms with E-state index in [1.54, 1.807) is 12.1 Å². The zero-order valence-corrected chi connectivity index (χ0v) is 12.8. The van der Waals surface area contributed by atoms with Gasteiger partial charge in [0, 0.05) is 0 Å². The lowest BCUT2D eigenvalue weighted by Gasteiger charge is -2.32. The molecule has 1 aliphatic heterocycles. The van der Waals surface area contributed by atoms with Crippen molar-refractivity contribution in [2.45, 2.75) is 45.5 Å². The van der Waals surface area contributed by atoms with Crippen molar-refractivity contribution < 1.29 is 27.6 Å². The van der Waals surface area contributed by atoms with Crippen LogP contribution in [-0.2, 0) is 9.31 Å². The van der Waals surface area contributed by atoms with Crippen LogP contribution >= 0.6 is 0 Å². The van der Waals surface area contributed by atoms with Gasteiger partial charge in [0.2, 0.25) is 0 Å². The van der Waals surface area contributed by atoms with Gasteiger partial charge in [0.15, 0.2) is 11.5 Å². The van der Waals surface area contributed by atoms with Crippen LogP contribution in [0.15, 0.2) is 18.2 Å². The third-order valence-corrected chi connectivity index (χ3v) is 3.93. The van der Waals surface area contributed by atoms with Gasteiger partial charge in [-0.15, -0.1) is 0 Å². The number of ether oxygens (including phenoxy) is 2. The predicted octanol–water partition coefficient (Wildman–Crippen LogP) is 2.60. The minimum atomic E-state index is -2.92. The molecule has 1 fully saturated rings. The second-order valence-corrected chi connectivity index (χ2v) is 5.88. The van der Waals surface area contributed by atoms with E-state index >= 15 is 0 Å². The molecule has 1 heterocycles. The summed E-state index contributed by atoms with van der Waals surface area (Å²) >= 11 is 0. The fraction of sp³-hybridized carbons (Fsp3) is 0.571. The average molecular weight is 300 g/mol. The fourth-order valence-electron chi connectivity index (χ4n) is 2.01. The lowest BCUT2D eigenvalue weighted by Crippen LogP contribution is -2.41. The largest absolute Gasteiger partial charge is 0.494 e. The maximum atomic E-state index is 12.5. The van der Waals surface area contributed by atoms with E-state index in [4.69, 9.17) is 14.0 Å². The van der Waals surface area contributed by atoms with Gasteiger partial charge in [0.1, 0.15) is 0 Å². The Balaban J connectivity index is 2.30. The zero-order valence-electron chi connectivity index (χ0n) is 12.8. The number of benzene rings is 1. The van der Waals surface area contributed by atoms with Crippen LogP contribution in [0.4, 0.5) is 8.78 Å². The van der Waals surface area contributed by atoms with Crippen LogP contribution in [0, 0.1) is 0 Å². The fourth-order valence-corrected chi connectivity index (χ4v) is 2.01. The number of halogens is 2. The summed E-state index contributed by atoms with van der Waals surface area (Å²) < 4.78 is 46.1. The summed E-state index contributed by atoms with van der Waals surface area (Å²) in [4.78, 5) is 0. The van der Waals surface area contributed by atoms with E-state index in [0.717, 1.165) is 0 Å². The second-order valence-electron chi connectivity index (χ2n) is 5.88. The molecule has 4 nitrogen and oxygen atoms in total. The van der Waals surface area contributed by atoms with Crippen molar-refractivity contribution in [3.8, 4) is 11.5 Å². The molecule has 1 aromatic rings. The van der Waals surface area contributed by atoms with Crippen LogP contribution < -0.4 is 14.9 Å². The third kappa shape index (κ3) is 3.13. The Morgan fingerprint density at radius 1 is 1.05 bits per heavy atom. The number of hydrogen-bond acceptors (Lipinski definition) is 4. The number of hydrogen-bond donors (Lipinski definition) is 0. The molecule has 0 amide bonds. The SMILES string of the molecule is COc1ccc(B2OC(C)(C)C(C)(C)O2)cc1OC(F)F. The Labute approximate surface area is 123 Å². The monoisotopic (exact) mass is 300 g/mol. The second kappa shape index (κ2) is 5.46. The molecule has 21 heavy (non-hydrogen) atoms. The minimum absolute atomic E-state index is 0.0419. The van der Waals surface area contributed by atoms with Gasteiger partial charge in [-0.1, -0.05) is 6.07 Å². The number of alkyl halides is 2. The number of rotatable bonds is 4. The smallest absolute Gasteiger partial charge is 0.493 e. The highest BCUT2D eigenvalue weighted by atomic mass is 19.3. The molecule has 116 valence electrons. The quantitative estimate of drug-likeness (QED) is 0.801. The summed E-state index contributed by atoms with van der Waals surface area (Å²) in [7, 11) is 0.753. The van der Waals surface area contributed by atoms with Crippen molar-refractivity contribution in [3.63, 3.8) is 0 Å². The molecule has 0 N–H and O–H groups in total.